The van der Waals surface area contributed by atoms with E-state index in [0.717, 1.165) is 19.0 Å². The lowest BCUT2D eigenvalue weighted by atomic mass is 10.1. The molecule has 0 aliphatic rings. The summed E-state index contributed by atoms with van der Waals surface area (Å²) in [5.74, 6) is 0.169. The summed E-state index contributed by atoms with van der Waals surface area (Å²) in [5.41, 5.74) is 0.664. The lowest BCUT2D eigenvalue weighted by Gasteiger charge is -2.14. The molecule has 0 saturated heterocycles. The molecular weight excluding hydrogens is 252 g/mol. The molecule has 0 saturated carbocycles. The molecule has 0 bridgehead atoms. The summed E-state index contributed by atoms with van der Waals surface area (Å²) in [6.45, 7) is 2.81. The van der Waals surface area contributed by atoms with Gasteiger partial charge in [0, 0.05) is 12.1 Å². The van der Waals surface area contributed by atoms with E-state index >= 15 is 0 Å². The van der Waals surface area contributed by atoms with Crippen molar-refractivity contribution in [3.63, 3.8) is 0 Å². The standard InChI is InChI=1S/C14H21F2NS/c1-11(17-6-4-3-5-7-18-2)12-8-13(15)10-14(16)9-12/h8-11,17H,3-7H2,1-2H3. The first-order valence-corrected chi connectivity index (χ1v) is 7.71. The second-order valence-electron chi connectivity index (χ2n) is 4.43. The Morgan fingerprint density at radius 1 is 1.11 bits per heavy atom. The topological polar surface area (TPSA) is 12.0 Å². The van der Waals surface area contributed by atoms with Crippen LogP contribution in [-0.2, 0) is 0 Å². The van der Waals surface area contributed by atoms with E-state index in [9.17, 15) is 8.78 Å². The fourth-order valence-corrected chi connectivity index (χ4v) is 2.30. The van der Waals surface area contributed by atoms with Gasteiger partial charge in [0.1, 0.15) is 11.6 Å². The van der Waals surface area contributed by atoms with Crippen LogP contribution in [-0.4, -0.2) is 18.6 Å². The number of rotatable bonds is 8. The smallest absolute Gasteiger partial charge is 0.126 e. The molecule has 1 rings (SSSR count). The molecule has 1 nitrogen and oxygen atoms in total. The van der Waals surface area contributed by atoms with Crippen molar-refractivity contribution in [1.82, 2.24) is 5.32 Å². The Balaban J connectivity index is 2.29. The normalized spacial score (nSPS) is 12.7. The van der Waals surface area contributed by atoms with Crippen LogP contribution >= 0.6 is 11.8 Å². The molecule has 0 aliphatic heterocycles. The Labute approximate surface area is 112 Å². The van der Waals surface area contributed by atoms with E-state index in [1.165, 1.54) is 30.7 Å². The number of unbranched alkanes of at least 4 members (excludes halogenated alkanes) is 2. The van der Waals surface area contributed by atoms with E-state index < -0.39 is 11.6 Å². The van der Waals surface area contributed by atoms with Gasteiger partial charge in [-0.05, 0) is 56.0 Å². The van der Waals surface area contributed by atoms with Crippen molar-refractivity contribution in [3.05, 3.63) is 35.4 Å². The molecule has 1 N–H and O–H groups in total. The highest BCUT2D eigenvalue weighted by atomic mass is 32.2. The van der Waals surface area contributed by atoms with E-state index in [1.807, 2.05) is 18.7 Å². The zero-order valence-corrected chi connectivity index (χ0v) is 11.8. The van der Waals surface area contributed by atoms with Crippen molar-refractivity contribution in [2.75, 3.05) is 18.6 Å². The number of hydrogen-bond acceptors (Lipinski definition) is 2. The number of hydrogen-bond donors (Lipinski definition) is 1. The molecule has 1 aromatic rings. The number of thioether (sulfide) groups is 1. The van der Waals surface area contributed by atoms with Crippen molar-refractivity contribution in [2.45, 2.75) is 32.2 Å². The first-order valence-electron chi connectivity index (χ1n) is 6.32. The molecule has 0 fully saturated rings. The Bertz CT molecular complexity index is 337. The summed E-state index contributed by atoms with van der Waals surface area (Å²) in [4.78, 5) is 0. The van der Waals surface area contributed by atoms with Gasteiger partial charge in [0.15, 0.2) is 0 Å². The number of nitrogens with one attached hydrogen (secondary N) is 1. The summed E-state index contributed by atoms with van der Waals surface area (Å²) < 4.78 is 26.1. The lowest BCUT2D eigenvalue weighted by molar-refractivity contribution is 0.529. The Morgan fingerprint density at radius 3 is 2.39 bits per heavy atom. The van der Waals surface area contributed by atoms with Gasteiger partial charge in [-0.2, -0.15) is 11.8 Å². The van der Waals surface area contributed by atoms with E-state index in [-0.39, 0.29) is 6.04 Å². The largest absolute Gasteiger partial charge is 0.310 e. The van der Waals surface area contributed by atoms with Crippen molar-refractivity contribution < 1.29 is 8.78 Å². The second kappa shape index (κ2) is 8.48. The van der Waals surface area contributed by atoms with Gasteiger partial charge < -0.3 is 5.32 Å². The van der Waals surface area contributed by atoms with Crippen LogP contribution in [0.2, 0.25) is 0 Å². The maximum absolute atomic E-state index is 13.0. The summed E-state index contributed by atoms with van der Waals surface area (Å²) in [6.07, 6.45) is 5.63. The first kappa shape index (κ1) is 15.4. The Hall–Kier alpha value is -0.610. The second-order valence-corrected chi connectivity index (χ2v) is 5.42. The third kappa shape index (κ3) is 5.83. The SMILES string of the molecule is CSCCCCCNC(C)c1cc(F)cc(F)c1. The van der Waals surface area contributed by atoms with Gasteiger partial charge >= 0.3 is 0 Å². The molecule has 1 aromatic carbocycles. The van der Waals surface area contributed by atoms with Crippen LogP contribution in [0.1, 0.15) is 37.8 Å². The highest BCUT2D eigenvalue weighted by Crippen LogP contribution is 2.15. The zero-order valence-electron chi connectivity index (χ0n) is 11.0. The van der Waals surface area contributed by atoms with Crippen molar-refractivity contribution >= 4 is 11.8 Å². The first-order chi connectivity index (χ1) is 8.63. The monoisotopic (exact) mass is 273 g/mol. The van der Waals surface area contributed by atoms with Gasteiger partial charge in [-0.1, -0.05) is 6.42 Å². The lowest BCUT2D eigenvalue weighted by Crippen LogP contribution is -2.20. The van der Waals surface area contributed by atoms with Gasteiger partial charge in [0.2, 0.25) is 0 Å². The third-order valence-corrected chi connectivity index (χ3v) is 3.56. The van der Waals surface area contributed by atoms with Gasteiger partial charge in [-0.3, -0.25) is 0 Å². The molecule has 18 heavy (non-hydrogen) atoms. The van der Waals surface area contributed by atoms with Crippen molar-refractivity contribution in [2.24, 2.45) is 0 Å². The number of benzene rings is 1. The van der Waals surface area contributed by atoms with Gasteiger partial charge in [0.05, 0.1) is 0 Å². The summed E-state index contributed by atoms with van der Waals surface area (Å²) in [5, 5.41) is 3.29. The van der Waals surface area contributed by atoms with Crippen LogP contribution in [0.4, 0.5) is 8.78 Å². The average molecular weight is 273 g/mol. The van der Waals surface area contributed by atoms with Gasteiger partial charge in [-0.15, -0.1) is 0 Å². The maximum Gasteiger partial charge on any atom is 0.126 e. The minimum Gasteiger partial charge on any atom is -0.310 e. The minimum atomic E-state index is -0.515. The summed E-state index contributed by atoms with van der Waals surface area (Å²) in [6, 6.07) is 3.65. The molecule has 0 aromatic heterocycles. The minimum absolute atomic E-state index is 0.0178. The third-order valence-electron chi connectivity index (χ3n) is 2.86. The summed E-state index contributed by atoms with van der Waals surface area (Å²) >= 11 is 1.86. The van der Waals surface area contributed by atoms with E-state index in [1.54, 1.807) is 0 Å². The molecule has 1 unspecified atom stereocenters. The van der Waals surface area contributed by atoms with Crippen molar-refractivity contribution in [1.29, 1.82) is 0 Å². The summed E-state index contributed by atoms with van der Waals surface area (Å²) in [7, 11) is 0. The molecule has 0 aliphatic carbocycles. The van der Waals surface area contributed by atoms with Crippen LogP contribution in [0.15, 0.2) is 18.2 Å². The van der Waals surface area contributed by atoms with Gasteiger partial charge in [-0.25, -0.2) is 8.78 Å². The van der Waals surface area contributed by atoms with E-state index in [0.29, 0.717) is 5.56 Å². The quantitative estimate of drug-likeness (QED) is 0.714. The maximum atomic E-state index is 13.0. The van der Waals surface area contributed by atoms with Crippen LogP contribution < -0.4 is 5.32 Å². The van der Waals surface area contributed by atoms with Crippen LogP contribution in [0.5, 0.6) is 0 Å². The van der Waals surface area contributed by atoms with E-state index in [4.69, 9.17) is 0 Å². The molecule has 102 valence electrons. The Morgan fingerprint density at radius 2 is 1.78 bits per heavy atom. The van der Waals surface area contributed by atoms with Crippen molar-refractivity contribution in [3.8, 4) is 0 Å². The molecule has 1 atom stereocenters. The van der Waals surface area contributed by atoms with Crippen LogP contribution in [0.25, 0.3) is 0 Å². The molecular formula is C14H21F2NS. The highest BCUT2D eigenvalue weighted by Gasteiger charge is 2.07. The molecule has 0 radical (unpaired) electrons. The van der Waals surface area contributed by atoms with Crippen LogP contribution in [0, 0.1) is 11.6 Å². The predicted molar refractivity (Wildman–Crippen MR) is 75.0 cm³/mol. The zero-order chi connectivity index (χ0) is 13.4. The average Bonchev–Trinajstić information content (AvgIpc) is 2.32. The fourth-order valence-electron chi connectivity index (χ4n) is 1.81. The predicted octanol–water partition coefficient (Wildman–Crippen LogP) is 4.15. The number of halogens is 2. The highest BCUT2D eigenvalue weighted by molar-refractivity contribution is 7.98. The molecule has 4 heteroatoms. The van der Waals surface area contributed by atoms with Crippen LogP contribution in [0.3, 0.4) is 0 Å². The van der Waals surface area contributed by atoms with Gasteiger partial charge in [0.25, 0.3) is 0 Å². The fraction of sp³-hybridized carbons (Fsp3) is 0.571. The molecule has 0 heterocycles. The molecule has 0 amide bonds. The van der Waals surface area contributed by atoms with E-state index in [2.05, 4.69) is 11.6 Å². The molecule has 0 spiro atoms. The Kier molecular flexibility index (Phi) is 7.28.